The van der Waals surface area contributed by atoms with E-state index < -0.39 is 0 Å². The highest BCUT2D eigenvalue weighted by molar-refractivity contribution is 5.77. The van der Waals surface area contributed by atoms with Crippen LogP contribution in [0.25, 0.3) is 0 Å². The second kappa shape index (κ2) is 2.82. The lowest BCUT2D eigenvalue weighted by Gasteiger charge is -2.21. The van der Waals surface area contributed by atoms with Crippen molar-refractivity contribution in [3.05, 3.63) is 0 Å². The van der Waals surface area contributed by atoms with Crippen molar-refractivity contribution < 1.29 is 4.74 Å². The van der Waals surface area contributed by atoms with Crippen LogP contribution in [-0.4, -0.2) is 18.5 Å². The Kier molecular flexibility index (Phi) is 2.65. The molecule has 0 aliphatic carbocycles. The molecule has 0 aliphatic rings. The smallest absolute Gasteiger partial charge is 0.0934 e. The number of hydrogen-bond acceptors (Lipinski definition) is 2. The molecule has 54 valence electrons. The number of methoxy groups -OCH3 is 1. The van der Waals surface area contributed by atoms with Gasteiger partial charge in [-0.1, -0.05) is 0 Å². The lowest BCUT2D eigenvalue weighted by molar-refractivity contribution is 0.0289. The van der Waals surface area contributed by atoms with Gasteiger partial charge in [0.15, 0.2) is 0 Å². The van der Waals surface area contributed by atoms with Gasteiger partial charge in [0.2, 0.25) is 0 Å². The summed E-state index contributed by atoms with van der Waals surface area (Å²) in [5.74, 6) is 0.168. The maximum absolute atomic E-state index is 6.95. The van der Waals surface area contributed by atoms with Gasteiger partial charge < -0.3 is 10.5 Å². The van der Waals surface area contributed by atoms with E-state index >= 15 is 0 Å². The fourth-order valence-corrected chi connectivity index (χ4v) is 0.531. The van der Waals surface area contributed by atoms with Crippen LogP contribution in [-0.2, 0) is 4.74 Å². The number of nitrogens with two attached hydrogens (primary N) is 1. The van der Waals surface area contributed by atoms with E-state index in [-0.39, 0.29) is 11.4 Å². The van der Waals surface area contributed by atoms with E-state index in [9.17, 15) is 0 Å². The van der Waals surface area contributed by atoms with E-state index in [0.29, 0.717) is 6.42 Å². The van der Waals surface area contributed by atoms with Gasteiger partial charge in [-0.15, -0.1) is 0 Å². The summed E-state index contributed by atoms with van der Waals surface area (Å²) in [7, 11) is 1.61. The summed E-state index contributed by atoms with van der Waals surface area (Å²) in [6.07, 6.45) is 0.490. The summed E-state index contributed by atoms with van der Waals surface area (Å²) in [5.41, 5.74) is 4.87. The second-order valence-corrected chi connectivity index (χ2v) is 2.67. The van der Waals surface area contributed by atoms with E-state index in [2.05, 4.69) is 0 Å². The normalized spacial score (nSPS) is 11.4. The number of ether oxygens (including phenoxy) is 1. The molecule has 0 spiro atoms. The first-order chi connectivity index (χ1) is 3.98. The minimum Gasteiger partial charge on any atom is -0.388 e. The first kappa shape index (κ1) is 8.43. The van der Waals surface area contributed by atoms with Gasteiger partial charge in [-0.3, -0.25) is 5.41 Å². The SMILES string of the molecule is COC(C)(C)CC(=N)N. The molecular formula is C6H14N2O. The summed E-state index contributed by atoms with van der Waals surface area (Å²) in [6, 6.07) is 0. The number of nitrogens with one attached hydrogen (secondary N) is 1. The van der Waals surface area contributed by atoms with Crippen molar-refractivity contribution >= 4 is 5.84 Å². The Morgan fingerprint density at radius 3 is 2.22 bits per heavy atom. The molecule has 0 aromatic carbocycles. The first-order valence-corrected chi connectivity index (χ1v) is 2.86. The minimum atomic E-state index is -0.286. The van der Waals surface area contributed by atoms with E-state index in [1.807, 2.05) is 13.8 Å². The zero-order valence-electron chi connectivity index (χ0n) is 6.19. The molecule has 0 aliphatic heterocycles. The quantitative estimate of drug-likeness (QED) is 0.437. The third-order valence-corrected chi connectivity index (χ3v) is 1.17. The Bertz CT molecular complexity index is 110. The van der Waals surface area contributed by atoms with Crippen molar-refractivity contribution in [3.8, 4) is 0 Å². The highest BCUT2D eigenvalue weighted by Gasteiger charge is 2.16. The molecule has 3 nitrogen and oxygen atoms in total. The average Bonchev–Trinajstić information content (AvgIpc) is 1.63. The molecule has 0 aromatic rings. The zero-order chi connectivity index (χ0) is 7.49. The summed E-state index contributed by atoms with van der Waals surface area (Å²) >= 11 is 0. The third-order valence-electron chi connectivity index (χ3n) is 1.17. The van der Waals surface area contributed by atoms with Crippen LogP contribution in [0.2, 0.25) is 0 Å². The summed E-state index contributed by atoms with van der Waals surface area (Å²) in [4.78, 5) is 0. The molecular weight excluding hydrogens is 116 g/mol. The van der Waals surface area contributed by atoms with Gasteiger partial charge in [0.05, 0.1) is 11.4 Å². The topological polar surface area (TPSA) is 59.1 Å². The molecule has 9 heavy (non-hydrogen) atoms. The van der Waals surface area contributed by atoms with E-state index in [0.717, 1.165) is 0 Å². The molecule has 0 unspecified atom stereocenters. The molecule has 0 bridgehead atoms. The van der Waals surface area contributed by atoms with Crippen LogP contribution in [0.5, 0.6) is 0 Å². The van der Waals surface area contributed by atoms with E-state index in [1.165, 1.54) is 0 Å². The standard InChI is InChI=1S/C6H14N2O/c1-6(2,9-3)4-5(7)8/h4H2,1-3H3,(H3,7,8). The Hall–Kier alpha value is -0.570. The predicted molar refractivity (Wildman–Crippen MR) is 37.6 cm³/mol. The molecule has 3 N–H and O–H groups in total. The first-order valence-electron chi connectivity index (χ1n) is 2.86. The van der Waals surface area contributed by atoms with Crippen LogP contribution in [0, 0.1) is 5.41 Å². The lowest BCUT2D eigenvalue weighted by atomic mass is 10.1. The molecule has 0 rings (SSSR count). The molecule has 0 aromatic heterocycles. The fourth-order valence-electron chi connectivity index (χ4n) is 0.531. The molecule has 0 atom stereocenters. The molecule has 0 radical (unpaired) electrons. The Morgan fingerprint density at radius 2 is 2.11 bits per heavy atom. The number of amidine groups is 1. The van der Waals surface area contributed by atoms with Crippen LogP contribution in [0.3, 0.4) is 0 Å². The van der Waals surface area contributed by atoms with Crippen molar-refractivity contribution in [2.24, 2.45) is 5.73 Å². The minimum absolute atomic E-state index is 0.168. The second-order valence-electron chi connectivity index (χ2n) is 2.67. The molecule has 3 heteroatoms. The molecule has 0 saturated heterocycles. The van der Waals surface area contributed by atoms with Crippen molar-refractivity contribution in [2.75, 3.05) is 7.11 Å². The van der Waals surface area contributed by atoms with Crippen molar-refractivity contribution in [1.29, 1.82) is 5.41 Å². The van der Waals surface area contributed by atoms with Gasteiger partial charge in [0.25, 0.3) is 0 Å². The summed E-state index contributed by atoms with van der Waals surface area (Å²) in [5, 5.41) is 6.95. The van der Waals surface area contributed by atoms with Crippen molar-refractivity contribution in [2.45, 2.75) is 25.9 Å². The van der Waals surface area contributed by atoms with Crippen LogP contribution in [0.1, 0.15) is 20.3 Å². The largest absolute Gasteiger partial charge is 0.388 e. The van der Waals surface area contributed by atoms with Gasteiger partial charge in [-0.25, -0.2) is 0 Å². The third kappa shape index (κ3) is 3.97. The highest BCUT2D eigenvalue weighted by Crippen LogP contribution is 2.11. The van der Waals surface area contributed by atoms with Crippen molar-refractivity contribution in [1.82, 2.24) is 0 Å². The molecule has 0 heterocycles. The van der Waals surface area contributed by atoms with Crippen LogP contribution < -0.4 is 5.73 Å². The monoisotopic (exact) mass is 130 g/mol. The maximum Gasteiger partial charge on any atom is 0.0934 e. The van der Waals surface area contributed by atoms with Crippen LogP contribution >= 0.6 is 0 Å². The Labute approximate surface area is 55.7 Å². The number of hydrogen-bond donors (Lipinski definition) is 2. The highest BCUT2D eigenvalue weighted by atomic mass is 16.5. The lowest BCUT2D eigenvalue weighted by Crippen LogP contribution is -2.29. The predicted octanol–water partition coefficient (Wildman–Crippen LogP) is 0.737. The van der Waals surface area contributed by atoms with Gasteiger partial charge >= 0.3 is 0 Å². The van der Waals surface area contributed by atoms with E-state index in [4.69, 9.17) is 15.9 Å². The van der Waals surface area contributed by atoms with Gasteiger partial charge in [-0.05, 0) is 13.8 Å². The van der Waals surface area contributed by atoms with Gasteiger partial charge in [0, 0.05) is 13.5 Å². The van der Waals surface area contributed by atoms with Crippen molar-refractivity contribution in [3.63, 3.8) is 0 Å². The average molecular weight is 130 g/mol. The van der Waals surface area contributed by atoms with Crippen LogP contribution in [0.4, 0.5) is 0 Å². The van der Waals surface area contributed by atoms with E-state index in [1.54, 1.807) is 7.11 Å². The number of rotatable bonds is 3. The summed E-state index contributed by atoms with van der Waals surface area (Å²) < 4.78 is 5.03. The Balaban J connectivity index is 3.71. The Morgan fingerprint density at radius 1 is 1.67 bits per heavy atom. The zero-order valence-corrected chi connectivity index (χ0v) is 6.19. The molecule has 0 amide bonds. The molecule has 0 saturated carbocycles. The van der Waals surface area contributed by atoms with Crippen LogP contribution in [0.15, 0.2) is 0 Å². The molecule has 0 fully saturated rings. The summed E-state index contributed by atoms with van der Waals surface area (Å²) in [6.45, 7) is 3.79. The van der Waals surface area contributed by atoms with Gasteiger partial charge in [0.1, 0.15) is 0 Å². The van der Waals surface area contributed by atoms with Gasteiger partial charge in [-0.2, -0.15) is 0 Å². The maximum atomic E-state index is 6.95. The fraction of sp³-hybridized carbons (Fsp3) is 0.833.